The van der Waals surface area contributed by atoms with Gasteiger partial charge in [0, 0.05) is 10.5 Å². The van der Waals surface area contributed by atoms with Crippen molar-refractivity contribution in [3.8, 4) is 0 Å². The van der Waals surface area contributed by atoms with Crippen LogP contribution in [0.4, 0.5) is 26.0 Å². The first-order valence-electron chi connectivity index (χ1n) is 5.11. The van der Waals surface area contributed by atoms with Crippen LogP contribution in [0.25, 0.3) is 0 Å². The largest absolute Gasteiger partial charge is 0.397 e. The van der Waals surface area contributed by atoms with Gasteiger partial charge >= 0.3 is 0 Å². The van der Waals surface area contributed by atoms with Gasteiger partial charge in [0.25, 0.3) is 0 Å². The number of halogens is 3. The molecule has 2 rings (SSSR count). The molecule has 6 heteroatoms. The van der Waals surface area contributed by atoms with Crippen LogP contribution in [0.5, 0.6) is 0 Å². The average molecular weight is 314 g/mol. The number of aromatic nitrogens is 1. The van der Waals surface area contributed by atoms with Crippen LogP contribution in [-0.2, 0) is 0 Å². The van der Waals surface area contributed by atoms with E-state index in [0.29, 0.717) is 11.5 Å². The van der Waals surface area contributed by atoms with Gasteiger partial charge in [-0.05, 0) is 40.5 Å². The molecule has 0 amide bonds. The molecule has 0 saturated heterocycles. The van der Waals surface area contributed by atoms with E-state index in [4.69, 9.17) is 5.73 Å². The monoisotopic (exact) mass is 313 g/mol. The molecule has 1 aromatic heterocycles. The second kappa shape index (κ2) is 4.89. The molecular formula is C12H10BrF2N3. The molecule has 0 atom stereocenters. The number of hydrogen-bond acceptors (Lipinski definition) is 3. The summed E-state index contributed by atoms with van der Waals surface area (Å²) < 4.78 is 26.8. The molecule has 18 heavy (non-hydrogen) atoms. The fourth-order valence-corrected chi connectivity index (χ4v) is 1.93. The zero-order valence-corrected chi connectivity index (χ0v) is 11.1. The van der Waals surface area contributed by atoms with E-state index in [1.54, 1.807) is 6.07 Å². The first kappa shape index (κ1) is 12.8. The topological polar surface area (TPSA) is 50.9 Å². The van der Waals surface area contributed by atoms with Crippen molar-refractivity contribution < 1.29 is 8.78 Å². The van der Waals surface area contributed by atoms with Crippen LogP contribution < -0.4 is 11.1 Å². The smallest absolute Gasteiger partial charge is 0.150 e. The van der Waals surface area contributed by atoms with Crippen LogP contribution in [-0.4, -0.2) is 4.98 Å². The molecule has 0 fully saturated rings. The summed E-state index contributed by atoms with van der Waals surface area (Å²) in [5.74, 6) is -0.905. The SMILES string of the molecule is Cc1cc(Nc2c(F)cc(F)cc2Br)ncc1N. The summed E-state index contributed by atoms with van der Waals surface area (Å²) in [6.45, 7) is 1.82. The van der Waals surface area contributed by atoms with Crippen LogP contribution in [0.15, 0.2) is 28.9 Å². The Balaban J connectivity index is 2.37. The standard InChI is InChI=1S/C12H10BrF2N3/c1-6-2-11(17-5-10(6)16)18-12-8(13)3-7(14)4-9(12)15/h2-5H,16H2,1H3,(H,17,18). The van der Waals surface area contributed by atoms with Crippen molar-refractivity contribution in [3.63, 3.8) is 0 Å². The summed E-state index contributed by atoms with van der Waals surface area (Å²) in [6, 6.07) is 3.66. The van der Waals surface area contributed by atoms with Crippen LogP contribution in [0.3, 0.4) is 0 Å². The van der Waals surface area contributed by atoms with E-state index < -0.39 is 11.6 Å². The van der Waals surface area contributed by atoms with Crippen LogP contribution in [0.1, 0.15) is 5.56 Å². The van der Waals surface area contributed by atoms with Gasteiger partial charge in [0.15, 0.2) is 5.82 Å². The number of nitrogens with zero attached hydrogens (tertiary/aromatic N) is 1. The maximum Gasteiger partial charge on any atom is 0.150 e. The minimum atomic E-state index is -0.696. The molecule has 3 nitrogen and oxygen atoms in total. The predicted octanol–water partition coefficient (Wildman–Crippen LogP) is 3.76. The first-order valence-corrected chi connectivity index (χ1v) is 5.90. The van der Waals surface area contributed by atoms with E-state index in [0.717, 1.165) is 11.6 Å². The van der Waals surface area contributed by atoms with Crippen molar-refractivity contribution in [2.75, 3.05) is 11.1 Å². The van der Waals surface area contributed by atoms with Crippen LogP contribution in [0.2, 0.25) is 0 Å². The zero-order chi connectivity index (χ0) is 13.3. The maximum absolute atomic E-state index is 13.6. The van der Waals surface area contributed by atoms with Gasteiger partial charge in [0.2, 0.25) is 0 Å². The van der Waals surface area contributed by atoms with E-state index in [1.165, 1.54) is 12.3 Å². The summed E-state index contributed by atoms with van der Waals surface area (Å²) in [5.41, 5.74) is 7.15. The second-order valence-electron chi connectivity index (χ2n) is 3.80. The van der Waals surface area contributed by atoms with Gasteiger partial charge in [-0.1, -0.05) is 0 Å². The summed E-state index contributed by atoms with van der Waals surface area (Å²) in [6.07, 6.45) is 1.48. The molecule has 94 valence electrons. The zero-order valence-electron chi connectivity index (χ0n) is 9.47. The van der Waals surface area contributed by atoms with Crippen molar-refractivity contribution in [2.24, 2.45) is 0 Å². The highest BCUT2D eigenvalue weighted by molar-refractivity contribution is 9.10. The Hall–Kier alpha value is -1.69. The summed E-state index contributed by atoms with van der Waals surface area (Å²) in [7, 11) is 0. The molecule has 1 aromatic carbocycles. The van der Waals surface area contributed by atoms with Crippen molar-refractivity contribution in [3.05, 3.63) is 46.1 Å². The predicted molar refractivity (Wildman–Crippen MR) is 70.7 cm³/mol. The summed E-state index contributed by atoms with van der Waals surface area (Å²) >= 11 is 3.09. The lowest BCUT2D eigenvalue weighted by molar-refractivity contribution is 0.584. The van der Waals surface area contributed by atoms with Crippen molar-refractivity contribution >= 4 is 33.1 Å². The Morgan fingerprint density at radius 1 is 1.28 bits per heavy atom. The second-order valence-corrected chi connectivity index (χ2v) is 4.65. The fourth-order valence-electron chi connectivity index (χ4n) is 1.42. The van der Waals surface area contributed by atoms with Gasteiger partial charge in [-0.15, -0.1) is 0 Å². The van der Waals surface area contributed by atoms with Gasteiger partial charge in [-0.2, -0.15) is 0 Å². The number of hydrogen-bond donors (Lipinski definition) is 2. The van der Waals surface area contributed by atoms with E-state index in [9.17, 15) is 8.78 Å². The highest BCUT2D eigenvalue weighted by Gasteiger charge is 2.10. The average Bonchev–Trinajstić information content (AvgIpc) is 2.28. The van der Waals surface area contributed by atoms with Gasteiger partial charge < -0.3 is 11.1 Å². The third-order valence-corrected chi connectivity index (χ3v) is 3.04. The normalized spacial score (nSPS) is 10.4. The minimum absolute atomic E-state index is 0.132. The lowest BCUT2D eigenvalue weighted by atomic mass is 10.2. The highest BCUT2D eigenvalue weighted by Crippen LogP contribution is 2.29. The van der Waals surface area contributed by atoms with Crippen LogP contribution in [0, 0.1) is 18.6 Å². The number of rotatable bonds is 2. The third kappa shape index (κ3) is 2.59. The number of benzene rings is 1. The Labute approximate surface area is 111 Å². The number of nitrogens with one attached hydrogen (secondary N) is 1. The Morgan fingerprint density at radius 3 is 2.61 bits per heavy atom. The van der Waals surface area contributed by atoms with Crippen molar-refractivity contribution in [1.29, 1.82) is 0 Å². The van der Waals surface area contributed by atoms with E-state index in [-0.39, 0.29) is 10.2 Å². The molecule has 2 aromatic rings. The molecule has 1 heterocycles. The molecule has 3 N–H and O–H groups in total. The number of anilines is 3. The number of nitrogens with two attached hydrogens (primary N) is 1. The molecule has 0 bridgehead atoms. The number of aryl methyl sites for hydroxylation is 1. The molecule has 0 radical (unpaired) electrons. The van der Waals surface area contributed by atoms with Gasteiger partial charge in [0.1, 0.15) is 11.6 Å². The molecule has 0 spiro atoms. The minimum Gasteiger partial charge on any atom is -0.397 e. The van der Waals surface area contributed by atoms with Crippen molar-refractivity contribution in [1.82, 2.24) is 4.98 Å². The number of nitrogen functional groups attached to an aromatic ring is 1. The molecule has 0 saturated carbocycles. The quantitative estimate of drug-likeness (QED) is 0.887. The van der Waals surface area contributed by atoms with E-state index in [2.05, 4.69) is 26.2 Å². The Bertz CT molecular complexity index is 579. The Morgan fingerprint density at radius 2 is 2.00 bits per heavy atom. The Kier molecular flexibility index (Phi) is 3.47. The van der Waals surface area contributed by atoms with E-state index >= 15 is 0 Å². The van der Waals surface area contributed by atoms with Crippen molar-refractivity contribution in [2.45, 2.75) is 6.92 Å². The van der Waals surface area contributed by atoms with Gasteiger partial charge in [-0.25, -0.2) is 13.8 Å². The summed E-state index contributed by atoms with van der Waals surface area (Å²) in [5, 5.41) is 2.78. The van der Waals surface area contributed by atoms with E-state index in [1.807, 2.05) is 6.92 Å². The van der Waals surface area contributed by atoms with Gasteiger partial charge in [0.05, 0.1) is 17.6 Å². The molecule has 0 unspecified atom stereocenters. The highest BCUT2D eigenvalue weighted by atomic mass is 79.9. The molecular weight excluding hydrogens is 304 g/mol. The number of pyridine rings is 1. The fraction of sp³-hybridized carbons (Fsp3) is 0.0833. The molecule has 0 aliphatic rings. The third-order valence-electron chi connectivity index (χ3n) is 2.41. The summed E-state index contributed by atoms with van der Waals surface area (Å²) in [4.78, 5) is 4.02. The maximum atomic E-state index is 13.6. The first-order chi connectivity index (χ1) is 8.47. The molecule has 0 aliphatic heterocycles. The lowest BCUT2D eigenvalue weighted by Crippen LogP contribution is -2.00. The molecule has 0 aliphatic carbocycles. The van der Waals surface area contributed by atoms with Crippen LogP contribution >= 0.6 is 15.9 Å². The van der Waals surface area contributed by atoms with Gasteiger partial charge in [-0.3, -0.25) is 0 Å². The lowest BCUT2D eigenvalue weighted by Gasteiger charge is -2.10.